The molecule has 0 aliphatic heterocycles. The van der Waals surface area contributed by atoms with Gasteiger partial charge >= 0.3 is 16.3 Å². The van der Waals surface area contributed by atoms with Gasteiger partial charge in [0.1, 0.15) is 0 Å². The van der Waals surface area contributed by atoms with E-state index in [0.717, 1.165) is 32.1 Å². The van der Waals surface area contributed by atoms with Crippen LogP contribution in [0.4, 0.5) is 36.4 Å². The molecule has 2 rings (SSSR count). The Morgan fingerprint density at radius 2 is 1.22 bits per heavy atom. The number of rotatable bonds is 21. The SMILES string of the molecule is CCCCCCCCCCCCCCCCOc1c(F)c(F)c(S(=O)(=O)OCc2c([N+](=O)[O-])cccc2C(F)(F)F)c(F)c1F. The van der Waals surface area contributed by atoms with Gasteiger partial charge in [0.05, 0.1) is 29.3 Å². The molecule has 2 aromatic carbocycles. The quantitative estimate of drug-likeness (QED) is 0.0327. The van der Waals surface area contributed by atoms with Gasteiger partial charge in [-0.1, -0.05) is 96.5 Å². The molecule has 0 amide bonds. The van der Waals surface area contributed by atoms with E-state index < -0.39 is 78.6 Å². The number of hydrogen-bond donors (Lipinski definition) is 0. The lowest BCUT2D eigenvalue weighted by atomic mass is 10.0. The molecule has 0 bridgehead atoms. The van der Waals surface area contributed by atoms with Crippen molar-refractivity contribution >= 4 is 15.8 Å². The second-order valence-corrected chi connectivity index (χ2v) is 12.2. The summed E-state index contributed by atoms with van der Waals surface area (Å²) in [4.78, 5) is 7.67. The van der Waals surface area contributed by atoms with E-state index in [0.29, 0.717) is 31.0 Å². The second kappa shape index (κ2) is 18.3. The van der Waals surface area contributed by atoms with Gasteiger partial charge in [-0.05, 0) is 12.5 Å². The highest BCUT2D eigenvalue weighted by Gasteiger charge is 2.39. The summed E-state index contributed by atoms with van der Waals surface area (Å²) < 4.78 is 133. The Labute approximate surface area is 258 Å². The fraction of sp³-hybridized carbons (Fsp3) is 0.600. The fourth-order valence-electron chi connectivity index (χ4n) is 4.77. The van der Waals surface area contributed by atoms with Crippen molar-refractivity contribution in [1.82, 2.24) is 0 Å². The molecule has 45 heavy (non-hydrogen) atoms. The zero-order chi connectivity index (χ0) is 33.6. The summed E-state index contributed by atoms with van der Waals surface area (Å²) in [6, 6.07) is 1.69. The predicted octanol–water partition coefficient (Wildman–Crippen LogP) is 9.94. The first-order valence-electron chi connectivity index (χ1n) is 15.0. The Morgan fingerprint density at radius 3 is 1.67 bits per heavy atom. The highest BCUT2D eigenvalue weighted by Crippen LogP contribution is 2.38. The summed E-state index contributed by atoms with van der Waals surface area (Å²) >= 11 is 0. The Bertz CT molecular complexity index is 1340. The molecule has 0 spiro atoms. The third-order valence-corrected chi connectivity index (χ3v) is 8.48. The zero-order valence-corrected chi connectivity index (χ0v) is 25.8. The first-order chi connectivity index (χ1) is 21.2. The van der Waals surface area contributed by atoms with Crippen molar-refractivity contribution in [3.05, 3.63) is 62.7 Å². The van der Waals surface area contributed by atoms with Crippen LogP contribution in [0.1, 0.15) is 108 Å². The van der Waals surface area contributed by atoms with Gasteiger partial charge in [0.2, 0.25) is 11.6 Å². The van der Waals surface area contributed by atoms with Crippen LogP contribution >= 0.6 is 0 Å². The molecule has 0 saturated carbocycles. The average molecular weight is 674 g/mol. The Morgan fingerprint density at radius 1 is 0.756 bits per heavy atom. The molecule has 7 nitrogen and oxygen atoms in total. The number of alkyl halides is 3. The van der Waals surface area contributed by atoms with Gasteiger partial charge in [0, 0.05) is 6.07 Å². The number of halogens is 7. The molecule has 0 atom stereocenters. The van der Waals surface area contributed by atoms with E-state index >= 15 is 0 Å². The molecule has 0 N–H and O–H groups in total. The lowest BCUT2D eigenvalue weighted by Crippen LogP contribution is -2.17. The average Bonchev–Trinajstić information content (AvgIpc) is 2.97. The molecule has 0 unspecified atom stereocenters. The Kier molecular flexibility index (Phi) is 15.5. The second-order valence-electron chi connectivity index (χ2n) is 10.6. The molecule has 0 aliphatic carbocycles. The highest BCUT2D eigenvalue weighted by molar-refractivity contribution is 7.86. The van der Waals surface area contributed by atoms with Crippen molar-refractivity contribution in [3.8, 4) is 5.75 Å². The maximum absolute atomic E-state index is 14.7. The summed E-state index contributed by atoms with van der Waals surface area (Å²) in [7, 11) is -5.81. The van der Waals surface area contributed by atoms with E-state index in [1.54, 1.807) is 0 Å². The van der Waals surface area contributed by atoms with Gasteiger partial charge in [-0.15, -0.1) is 0 Å². The van der Waals surface area contributed by atoms with Crippen molar-refractivity contribution in [2.24, 2.45) is 0 Å². The normalized spacial score (nSPS) is 12.1. The van der Waals surface area contributed by atoms with E-state index in [1.807, 2.05) is 0 Å². The van der Waals surface area contributed by atoms with Gasteiger partial charge in [-0.3, -0.25) is 14.3 Å². The fourth-order valence-corrected chi connectivity index (χ4v) is 5.78. The predicted molar refractivity (Wildman–Crippen MR) is 152 cm³/mol. The zero-order valence-electron chi connectivity index (χ0n) is 25.0. The molecule has 2 aromatic rings. The van der Waals surface area contributed by atoms with Gasteiger partial charge in [-0.25, -0.2) is 8.78 Å². The van der Waals surface area contributed by atoms with Crippen molar-refractivity contribution in [2.75, 3.05) is 6.61 Å². The monoisotopic (exact) mass is 673 g/mol. The van der Waals surface area contributed by atoms with Crippen molar-refractivity contribution < 1.29 is 53.0 Å². The minimum atomic E-state index is -5.81. The van der Waals surface area contributed by atoms with E-state index in [4.69, 9.17) is 4.74 Å². The lowest BCUT2D eigenvalue weighted by molar-refractivity contribution is -0.386. The molecule has 0 aromatic heterocycles. The van der Waals surface area contributed by atoms with Crippen LogP contribution in [-0.2, 0) is 27.1 Å². The topological polar surface area (TPSA) is 95.7 Å². The van der Waals surface area contributed by atoms with Crippen LogP contribution in [-0.4, -0.2) is 19.9 Å². The smallest absolute Gasteiger partial charge is 0.417 e. The number of benzene rings is 2. The lowest BCUT2D eigenvalue weighted by Gasteiger charge is -2.15. The van der Waals surface area contributed by atoms with Gasteiger partial charge in [-0.2, -0.15) is 30.4 Å². The first kappa shape index (κ1) is 38.2. The van der Waals surface area contributed by atoms with Crippen LogP contribution in [0.25, 0.3) is 0 Å². The third-order valence-electron chi connectivity index (χ3n) is 7.19. The maximum atomic E-state index is 14.7. The standard InChI is InChI=1S/C30H38F7NO6S/c1-2-3-4-5-6-7-8-9-10-11-12-13-14-15-19-43-28-24(31)26(33)29(27(34)25(28)32)45(41,42)44-20-21-22(30(35,36)37)17-16-18-23(21)38(39)40/h16-18H,2-15,19-20H2,1H3. The van der Waals surface area contributed by atoms with E-state index in [9.17, 15) is 49.3 Å². The van der Waals surface area contributed by atoms with Crippen LogP contribution in [0, 0.1) is 33.4 Å². The Hall–Kier alpha value is -2.94. The van der Waals surface area contributed by atoms with E-state index in [2.05, 4.69) is 11.1 Å². The number of nitro benzene ring substituents is 1. The van der Waals surface area contributed by atoms with Gasteiger partial charge in [0.15, 0.2) is 22.3 Å². The highest BCUT2D eigenvalue weighted by atomic mass is 32.2. The molecule has 0 fully saturated rings. The summed E-state index contributed by atoms with van der Waals surface area (Å²) in [5.41, 5.74) is -4.14. The number of unbranched alkanes of at least 4 members (excludes halogenated alkanes) is 13. The molecular formula is C30H38F7NO6S. The molecule has 0 heterocycles. The largest absolute Gasteiger partial charge is 0.487 e. The van der Waals surface area contributed by atoms with Crippen LogP contribution in [0.2, 0.25) is 0 Å². The Balaban J connectivity index is 1.93. The maximum Gasteiger partial charge on any atom is 0.417 e. The summed E-state index contributed by atoms with van der Waals surface area (Å²) in [6.07, 6.45) is 9.49. The number of hydrogen-bond acceptors (Lipinski definition) is 6. The molecule has 254 valence electrons. The van der Waals surface area contributed by atoms with Crippen LogP contribution in [0.5, 0.6) is 5.75 Å². The number of ether oxygens (including phenoxy) is 1. The van der Waals surface area contributed by atoms with Crippen LogP contribution < -0.4 is 4.74 Å². The van der Waals surface area contributed by atoms with Crippen molar-refractivity contribution in [1.29, 1.82) is 0 Å². The summed E-state index contributed by atoms with van der Waals surface area (Å²) in [5.74, 6) is -10.7. The van der Waals surface area contributed by atoms with Crippen molar-refractivity contribution in [3.63, 3.8) is 0 Å². The number of nitro groups is 1. The summed E-state index contributed by atoms with van der Waals surface area (Å²) in [5, 5.41) is 11.2. The molecule has 0 saturated heterocycles. The van der Waals surface area contributed by atoms with Gasteiger partial charge < -0.3 is 4.74 Å². The minimum absolute atomic E-state index is 0.292. The van der Waals surface area contributed by atoms with Crippen LogP contribution in [0.15, 0.2) is 23.1 Å². The van der Waals surface area contributed by atoms with Crippen LogP contribution in [0.3, 0.4) is 0 Å². The molecule has 0 radical (unpaired) electrons. The van der Waals surface area contributed by atoms with E-state index in [-0.39, 0.29) is 6.61 Å². The summed E-state index contributed by atoms with van der Waals surface area (Å²) in [6.45, 7) is 0.141. The molecule has 15 heteroatoms. The molecular weight excluding hydrogens is 635 g/mol. The molecule has 0 aliphatic rings. The van der Waals surface area contributed by atoms with Gasteiger partial charge in [0.25, 0.3) is 5.69 Å². The van der Waals surface area contributed by atoms with Crippen molar-refractivity contribution in [2.45, 2.75) is 114 Å². The van der Waals surface area contributed by atoms with E-state index in [1.165, 1.54) is 44.9 Å². The minimum Gasteiger partial charge on any atom is -0.487 e. The number of nitrogens with zero attached hydrogens (tertiary/aromatic N) is 1. The third kappa shape index (κ3) is 11.4. The first-order valence-corrected chi connectivity index (χ1v) is 16.4.